The van der Waals surface area contributed by atoms with Gasteiger partial charge < -0.3 is 4.43 Å². The summed E-state index contributed by atoms with van der Waals surface area (Å²) in [6.07, 6.45) is 5.27. The van der Waals surface area contributed by atoms with E-state index in [1.54, 1.807) is 0 Å². The van der Waals surface area contributed by atoms with E-state index in [0.717, 1.165) is 5.56 Å². The standard InChI is InChI=1S/C12H16OSi/c1-5-12(13-14(2,3)4)11-9-7-6-8-10-11/h1,6-10,12H,2-4H3/t12-/m1/s1. The van der Waals surface area contributed by atoms with Crippen LogP contribution >= 0.6 is 0 Å². The lowest BCUT2D eigenvalue weighted by Crippen LogP contribution is -2.27. The number of hydrogen-bond donors (Lipinski definition) is 0. The van der Waals surface area contributed by atoms with Crippen molar-refractivity contribution in [3.63, 3.8) is 0 Å². The molecule has 0 unspecified atom stereocenters. The van der Waals surface area contributed by atoms with Gasteiger partial charge in [-0.2, -0.15) is 0 Å². The minimum Gasteiger partial charge on any atom is -0.400 e. The van der Waals surface area contributed by atoms with Gasteiger partial charge in [0.2, 0.25) is 0 Å². The van der Waals surface area contributed by atoms with Crippen LogP contribution in [0, 0.1) is 12.3 Å². The summed E-state index contributed by atoms with van der Waals surface area (Å²) in [5, 5.41) is 0. The van der Waals surface area contributed by atoms with Crippen LogP contribution in [0.2, 0.25) is 19.6 Å². The van der Waals surface area contributed by atoms with E-state index >= 15 is 0 Å². The molecular formula is C12H16OSi. The quantitative estimate of drug-likeness (QED) is 0.542. The predicted octanol–water partition coefficient (Wildman–Crippen LogP) is 3.21. The van der Waals surface area contributed by atoms with Gasteiger partial charge in [0.15, 0.2) is 8.32 Å². The zero-order valence-corrected chi connectivity index (χ0v) is 9.95. The summed E-state index contributed by atoms with van der Waals surface area (Å²) in [6, 6.07) is 9.95. The van der Waals surface area contributed by atoms with E-state index in [1.165, 1.54) is 0 Å². The van der Waals surface area contributed by atoms with Crippen LogP contribution in [-0.2, 0) is 4.43 Å². The van der Waals surface area contributed by atoms with Gasteiger partial charge in [-0.15, -0.1) is 6.42 Å². The Morgan fingerprint density at radius 3 is 2.21 bits per heavy atom. The summed E-state index contributed by atoms with van der Waals surface area (Å²) in [4.78, 5) is 0. The Morgan fingerprint density at radius 2 is 1.79 bits per heavy atom. The van der Waals surface area contributed by atoms with Crippen LogP contribution in [0.15, 0.2) is 30.3 Å². The first kappa shape index (κ1) is 11.0. The molecular weight excluding hydrogens is 188 g/mol. The topological polar surface area (TPSA) is 9.23 Å². The molecule has 0 bridgehead atoms. The smallest absolute Gasteiger partial charge is 0.185 e. The molecule has 0 saturated carbocycles. The normalized spacial score (nSPS) is 13.3. The first-order chi connectivity index (χ1) is 6.53. The highest BCUT2D eigenvalue weighted by atomic mass is 28.4. The second-order valence-corrected chi connectivity index (χ2v) is 8.65. The van der Waals surface area contributed by atoms with Gasteiger partial charge in [-0.3, -0.25) is 0 Å². The molecule has 0 fully saturated rings. The average molecular weight is 204 g/mol. The van der Waals surface area contributed by atoms with Crippen LogP contribution in [0.3, 0.4) is 0 Å². The van der Waals surface area contributed by atoms with Crippen LogP contribution in [0.4, 0.5) is 0 Å². The van der Waals surface area contributed by atoms with E-state index < -0.39 is 8.32 Å². The molecule has 0 spiro atoms. The molecule has 2 heteroatoms. The molecule has 0 amide bonds. The van der Waals surface area contributed by atoms with Gasteiger partial charge >= 0.3 is 0 Å². The monoisotopic (exact) mass is 204 g/mol. The third-order valence-electron chi connectivity index (χ3n) is 1.73. The SMILES string of the molecule is C#C[C@@H](O[Si](C)(C)C)c1ccccc1. The Bertz CT molecular complexity index is 318. The Morgan fingerprint density at radius 1 is 1.21 bits per heavy atom. The molecule has 0 aliphatic heterocycles. The summed E-state index contributed by atoms with van der Waals surface area (Å²) in [5.41, 5.74) is 1.07. The summed E-state index contributed by atoms with van der Waals surface area (Å²) in [6.45, 7) is 6.42. The Labute approximate surface area is 87.2 Å². The van der Waals surface area contributed by atoms with Crippen LogP contribution in [-0.4, -0.2) is 8.32 Å². The molecule has 0 radical (unpaired) electrons. The first-order valence-electron chi connectivity index (χ1n) is 4.72. The van der Waals surface area contributed by atoms with E-state index in [0.29, 0.717) is 0 Å². The lowest BCUT2D eigenvalue weighted by molar-refractivity contribution is 0.257. The number of hydrogen-bond acceptors (Lipinski definition) is 1. The van der Waals surface area contributed by atoms with E-state index in [4.69, 9.17) is 10.8 Å². The van der Waals surface area contributed by atoms with E-state index in [1.807, 2.05) is 30.3 Å². The fraction of sp³-hybridized carbons (Fsp3) is 0.333. The van der Waals surface area contributed by atoms with Crippen LogP contribution in [0.25, 0.3) is 0 Å². The molecule has 1 rings (SSSR count). The maximum Gasteiger partial charge on any atom is 0.185 e. The highest BCUT2D eigenvalue weighted by molar-refractivity contribution is 6.69. The maximum atomic E-state index is 5.88. The van der Waals surface area contributed by atoms with E-state index in [2.05, 4.69) is 25.6 Å². The van der Waals surface area contributed by atoms with Crippen molar-refractivity contribution in [2.24, 2.45) is 0 Å². The second-order valence-electron chi connectivity index (χ2n) is 4.19. The molecule has 1 atom stereocenters. The fourth-order valence-electron chi connectivity index (χ4n) is 1.18. The van der Waals surface area contributed by atoms with Crippen molar-refractivity contribution < 1.29 is 4.43 Å². The molecule has 1 aromatic rings. The van der Waals surface area contributed by atoms with Crippen molar-refractivity contribution in [3.8, 4) is 12.3 Å². The summed E-state index contributed by atoms with van der Waals surface area (Å²) in [7, 11) is -1.57. The number of terminal acetylenes is 1. The molecule has 14 heavy (non-hydrogen) atoms. The Kier molecular flexibility index (Phi) is 3.51. The molecule has 0 aliphatic rings. The van der Waals surface area contributed by atoms with Crippen molar-refractivity contribution in [1.29, 1.82) is 0 Å². The first-order valence-corrected chi connectivity index (χ1v) is 8.12. The molecule has 0 heterocycles. The van der Waals surface area contributed by atoms with Gasteiger partial charge in [0, 0.05) is 0 Å². The van der Waals surface area contributed by atoms with Crippen molar-refractivity contribution >= 4 is 8.32 Å². The minimum absolute atomic E-state index is 0.192. The molecule has 1 aromatic carbocycles. The molecule has 0 aromatic heterocycles. The van der Waals surface area contributed by atoms with E-state index in [-0.39, 0.29) is 6.10 Å². The molecule has 0 N–H and O–H groups in total. The Hall–Kier alpha value is -1.04. The van der Waals surface area contributed by atoms with Crippen LogP contribution < -0.4 is 0 Å². The van der Waals surface area contributed by atoms with Crippen LogP contribution in [0.1, 0.15) is 11.7 Å². The summed E-state index contributed by atoms with van der Waals surface area (Å²) < 4.78 is 5.88. The molecule has 1 nitrogen and oxygen atoms in total. The lowest BCUT2D eigenvalue weighted by Gasteiger charge is -2.22. The van der Waals surface area contributed by atoms with Crippen molar-refractivity contribution in [3.05, 3.63) is 35.9 Å². The van der Waals surface area contributed by atoms with Crippen LogP contribution in [0.5, 0.6) is 0 Å². The van der Waals surface area contributed by atoms with Crippen molar-refractivity contribution in [2.45, 2.75) is 25.7 Å². The van der Waals surface area contributed by atoms with Crippen molar-refractivity contribution in [2.75, 3.05) is 0 Å². The van der Waals surface area contributed by atoms with Gasteiger partial charge in [-0.1, -0.05) is 36.3 Å². The molecule has 0 saturated heterocycles. The van der Waals surface area contributed by atoms with Gasteiger partial charge in [0.25, 0.3) is 0 Å². The maximum absolute atomic E-state index is 5.88. The highest BCUT2D eigenvalue weighted by Crippen LogP contribution is 2.20. The molecule has 0 aliphatic carbocycles. The van der Waals surface area contributed by atoms with Gasteiger partial charge in [0.1, 0.15) is 6.10 Å². The van der Waals surface area contributed by atoms with Gasteiger partial charge in [0.05, 0.1) is 0 Å². The van der Waals surface area contributed by atoms with Gasteiger partial charge in [-0.05, 0) is 25.2 Å². The Balaban J connectivity index is 2.80. The highest BCUT2D eigenvalue weighted by Gasteiger charge is 2.20. The average Bonchev–Trinajstić information content (AvgIpc) is 2.14. The minimum atomic E-state index is -1.57. The number of rotatable bonds is 3. The second kappa shape index (κ2) is 4.45. The summed E-state index contributed by atoms with van der Waals surface area (Å²) in [5.74, 6) is 2.69. The molecule has 74 valence electrons. The third kappa shape index (κ3) is 3.37. The van der Waals surface area contributed by atoms with E-state index in [9.17, 15) is 0 Å². The third-order valence-corrected chi connectivity index (χ3v) is 2.67. The van der Waals surface area contributed by atoms with Crippen molar-refractivity contribution in [1.82, 2.24) is 0 Å². The summed E-state index contributed by atoms with van der Waals surface area (Å²) >= 11 is 0. The zero-order chi connectivity index (χ0) is 10.6. The number of benzene rings is 1. The lowest BCUT2D eigenvalue weighted by atomic mass is 10.1. The van der Waals surface area contributed by atoms with Gasteiger partial charge in [-0.25, -0.2) is 0 Å². The fourth-order valence-corrected chi connectivity index (χ4v) is 2.09. The predicted molar refractivity (Wildman–Crippen MR) is 62.4 cm³/mol. The zero-order valence-electron chi connectivity index (χ0n) is 8.95. The largest absolute Gasteiger partial charge is 0.400 e.